The SMILES string of the molecule is CC(=O)OC[C@]12[C@H](OC(C)=O)[C@H](OC(C)=O)[C@@H]3[C@@H](OC(C)=O)[C@@]14O[C@@]3(C)COC(=O)c1cccnc1C(C)C(C)C(=O)O[C@@H]([C@H](O)[C@@H]2OC(=O)c1ccccc1)[C@]4(C)O. The molecule has 2 saturated carbocycles. The summed E-state index contributed by atoms with van der Waals surface area (Å²) in [5.74, 6) is -10.6. The number of hydrogen-bond donors (Lipinski definition) is 2. The van der Waals surface area contributed by atoms with Crippen LogP contribution >= 0.6 is 0 Å². The van der Waals surface area contributed by atoms with Crippen molar-refractivity contribution in [3.63, 3.8) is 0 Å². The van der Waals surface area contributed by atoms with Crippen molar-refractivity contribution in [3.05, 3.63) is 65.5 Å². The molecular formula is C41H47NO17. The van der Waals surface area contributed by atoms with Crippen molar-refractivity contribution in [2.45, 2.75) is 115 Å². The van der Waals surface area contributed by atoms with Crippen molar-refractivity contribution in [1.29, 1.82) is 0 Å². The van der Waals surface area contributed by atoms with Crippen molar-refractivity contribution < 1.29 is 81.7 Å². The predicted octanol–water partition coefficient (Wildman–Crippen LogP) is 1.76. The first kappa shape index (κ1) is 43.1. The van der Waals surface area contributed by atoms with E-state index in [1.807, 2.05) is 0 Å². The van der Waals surface area contributed by atoms with Gasteiger partial charge in [0, 0.05) is 39.8 Å². The maximum Gasteiger partial charge on any atom is 0.340 e. The number of carbonyl (C=O) groups excluding carboxylic acids is 7. The Morgan fingerprint density at radius 1 is 0.814 bits per heavy atom. The molecule has 4 bridgehead atoms. The van der Waals surface area contributed by atoms with Gasteiger partial charge in [-0.15, -0.1) is 0 Å². The summed E-state index contributed by atoms with van der Waals surface area (Å²) in [4.78, 5) is 99.4. The van der Waals surface area contributed by atoms with Gasteiger partial charge in [0.15, 0.2) is 17.8 Å². The minimum Gasteiger partial charge on any atom is -0.465 e. The van der Waals surface area contributed by atoms with E-state index >= 15 is 0 Å². The second-order valence-corrected chi connectivity index (χ2v) is 15.9. The van der Waals surface area contributed by atoms with E-state index in [0.717, 1.165) is 34.6 Å². The second-order valence-electron chi connectivity index (χ2n) is 15.9. The second kappa shape index (κ2) is 15.6. The molecule has 13 atom stereocenters. The summed E-state index contributed by atoms with van der Waals surface area (Å²) in [6.45, 7) is 7.80. The molecule has 2 unspecified atom stereocenters. The van der Waals surface area contributed by atoms with E-state index in [0.29, 0.717) is 0 Å². The minimum atomic E-state index is -2.82. The number of ether oxygens (including phenoxy) is 8. The van der Waals surface area contributed by atoms with Crippen LogP contribution in [0.1, 0.15) is 87.7 Å². The summed E-state index contributed by atoms with van der Waals surface area (Å²) in [5.41, 5.74) is -10.2. The average molecular weight is 826 g/mol. The fourth-order valence-electron chi connectivity index (χ4n) is 9.54. The van der Waals surface area contributed by atoms with Crippen molar-refractivity contribution in [1.82, 2.24) is 4.98 Å². The molecule has 2 aliphatic heterocycles. The number of aliphatic hydroxyl groups is 2. The Kier molecular flexibility index (Phi) is 11.4. The van der Waals surface area contributed by atoms with Gasteiger partial charge in [0.1, 0.15) is 54.2 Å². The van der Waals surface area contributed by atoms with Gasteiger partial charge in [-0.05, 0) is 38.1 Å². The maximum atomic E-state index is 14.3. The van der Waals surface area contributed by atoms with E-state index in [9.17, 15) is 43.8 Å². The molecule has 3 fully saturated rings. The van der Waals surface area contributed by atoms with E-state index in [1.165, 1.54) is 56.4 Å². The highest BCUT2D eigenvalue weighted by molar-refractivity contribution is 5.91. The van der Waals surface area contributed by atoms with Gasteiger partial charge in [0.25, 0.3) is 0 Å². The van der Waals surface area contributed by atoms with Crippen molar-refractivity contribution >= 4 is 41.8 Å². The lowest BCUT2D eigenvalue weighted by molar-refractivity contribution is -0.385. The van der Waals surface area contributed by atoms with Gasteiger partial charge in [-0.2, -0.15) is 0 Å². The van der Waals surface area contributed by atoms with Crippen molar-refractivity contribution in [3.8, 4) is 0 Å². The first-order valence-electron chi connectivity index (χ1n) is 19.0. The van der Waals surface area contributed by atoms with E-state index in [1.54, 1.807) is 13.0 Å². The third-order valence-electron chi connectivity index (χ3n) is 12.1. The normalized spacial score (nSPS) is 37.4. The first-order valence-corrected chi connectivity index (χ1v) is 19.0. The molecule has 0 radical (unpaired) electrons. The lowest BCUT2D eigenvalue weighted by Crippen LogP contribution is -2.89. The van der Waals surface area contributed by atoms with Crippen LogP contribution in [0.5, 0.6) is 0 Å². The molecule has 4 aliphatic rings. The maximum absolute atomic E-state index is 14.3. The number of pyridine rings is 1. The van der Waals surface area contributed by atoms with Gasteiger partial charge in [-0.1, -0.05) is 32.0 Å². The zero-order chi connectivity index (χ0) is 43.4. The van der Waals surface area contributed by atoms with Gasteiger partial charge in [-0.3, -0.25) is 29.0 Å². The largest absolute Gasteiger partial charge is 0.465 e. The van der Waals surface area contributed by atoms with E-state index < -0.39 is 132 Å². The van der Waals surface area contributed by atoms with Crippen LogP contribution in [-0.4, -0.2) is 124 Å². The highest BCUT2D eigenvalue weighted by atomic mass is 16.7. The Balaban J connectivity index is 1.76. The number of nitrogens with zero attached hydrogens (tertiary/aromatic N) is 1. The van der Waals surface area contributed by atoms with Crippen LogP contribution in [0.2, 0.25) is 0 Å². The topological polar surface area (TPSA) is 247 Å². The zero-order valence-corrected chi connectivity index (χ0v) is 33.7. The van der Waals surface area contributed by atoms with Gasteiger partial charge < -0.3 is 48.1 Å². The molecule has 6 rings (SSSR count). The molecular weight excluding hydrogens is 778 g/mol. The molecule has 18 heteroatoms. The molecule has 2 aromatic rings. The number of aromatic nitrogens is 1. The summed E-state index contributed by atoms with van der Waals surface area (Å²) in [5, 5.41) is 26.0. The van der Waals surface area contributed by atoms with Crippen molar-refractivity contribution in [2.24, 2.45) is 17.3 Å². The molecule has 18 nitrogen and oxygen atoms in total. The molecule has 0 amide bonds. The number of aliphatic hydroxyl groups excluding tert-OH is 1. The highest BCUT2D eigenvalue weighted by Gasteiger charge is 2.91. The van der Waals surface area contributed by atoms with Crippen LogP contribution in [0.4, 0.5) is 0 Å². The Morgan fingerprint density at radius 3 is 2.05 bits per heavy atom. The fraction of sp³-hybridized carbons (Fsp3) is 0.561. The highest BCUT2D eigenvalue weighted by Crippen LogP contribution is 2.70. The predicted molar refractivity (Wildman–Crippen MR) is 196 cm³/mol. The van der Waals surface area contributed by atoms with Crippen LogP contribution < -0.4 is 0 Å². The van der Waals surface area contributed by atoms with E-state index in [-0.39, 0.29) is 16.8 Å². The van der Waals surface area contributed by atoms with E-state index in [2.05, 4.69) is 4.98 Å². The summed E-state index contributed by atoms with van der Waals surface area (Å²) < 4.78 is 48.8. The average Bonchev–Trinajstić information content (AvgIpc) is 3.39. The number of fused-ring (bicyclic) bond motifs is 5. The third-order valence-corrected chi connectivity index (χ3v) is 12.1. The van der Waals surface area contributed by atoms with Gasteiger partial charge in [0.05, 0.1) is 28.7 Å². The van der Waals surface area contributed by atoms with Gasteiger partial charge in [0.2, 0.25) is 0 Å². The Hall–Kier alpha value is -5.46. The van der Waals surface area contributed by atoms with Gasteiger partial charge >= 0.3 is 41.8 Å². The van der Waals surface area contributed by atoms with Crippen LogP contribution in [0.25, 0.3) is 0 Å². The summed E-state index contributed by atoms with van der Waals surface area (Å²) in [7, 11) is 0. The number of cyclic esters (lactones) is 1. The molecule has 3 heterocycles. The Bertz CT molecular complexity index is 2040. The Labute approximate surface area is 338 Å². The third kappa shape index (κ3) is 6.89. The zero-order valence-electron chi connectivity index (χ0n) is 33.7. The fourth-order valence-corrected chi connectivity index (χ4v) is 9.54. The molecule has 2 aliphatic carbocycles. The number of carbonyl (C=O) groups is 7. The van der Waals surface area contributed by atoms with Gasteiger partial charge in [-0.25, -0.2) is 9.59 Å². The summed E-state index contributed by atoms with van der Waals surface area (Å²) >= 11 is 0. The number of hydrogen-bond acceptors (Lipinski definition) is 18. The molecule has 1 spiro atoms. The smallest absolute Gasteiger partial charge is 0.340 e. The van der Waals surface area contributed by atoms with E-state index in [4.69, 9.17) is 37.9 Å². The monoisotopic (exact) mass is 825 g/mol. The molecule has 1 aromatic carbocycles. The minimum absolute atomic E-state index is 0.0328. The molecule has 1 saturated heterocycles. The lowest BCUT2D eigenvalue weighted by atomic mass is 9.45. The van der Waals surface area contributed by atoms with Crippen LogP contribution in [0.3, 0.4) is 0 Å². The summed E-state index contributed by atoms with van der Waals surface area (Å²) in [6.07, 6.45) is -10.9. The van der Waals surface area contributed by atoms with Crippen LogP contribution in [0, 0.1) is 17.3 Å². The first-order chi connectivity index (χ1) is 27.6. The molecule has 2 N–H and O–H groups in total. The molecule has 59 heavy (non-hydrogen) atoms. The number of rotatable bonds is 7. The van der Waals surface area contributed by atoms with Crippen LogP contribution in [-0.2, 0) is 61.9 Å². The molecule has 1 aromatic heterocycles. The lowest BCUT2D eigenvalue weighted by Gasteiger charge is -2.67. The standard InChI is InChI=1S/C41H47NO17/c1-19-20(2)35(48)57-32-29(47)33(58-36(49)25-13-10-9-11-14-25)40(18-52-21(3)43)34(56-24(6)46)30(54-22(4)44)27-31(55-23(5)45)41(40,39(32,8)51)59-38(27,7)17-53-37(50)26-15-12-16-42-28(19)26/h9-16,19-20,27,29-34,47,51H,17-18H2,1-8H3/t19?,20?,27-,29+,30-,31-,32+,33+,34-,38+,39+,40+,41+/m1/s1. The number of esters is 7. The van der Waals surface area contributed by atoms with Crippen molar-refractivity contribution in [2.75, 3.05) is 13.2 Å². The number of benzene rings is 1. The molecule has 318 valence electrons. The summed E-state index contributed by atoms with van der Waals surface area (Å²) in [6, 6.07) is 10.3. The van der Waals surface area contributed by atoms with Crippen LogP contribution in [0.15, 0.2) is 48.7 Å². The Morgan fingerprint density at radius 2 is 1.44 bits per heavy atom. The quantitative estimate of drug-likeness (QED) is 0.298.